The van der Waals surface area contributed by atoms with Crippen LogP contribution in [0.5, 0.6) is 0 Å². The number of rotatable bonds is 5. The minimum absolute atomic E-state index is 0.0754. The van der Waals surface area contributed by atoms with Crippen molar-refractivity contribution < 1.29 is 9.55 Å². The minimum atomic E-state index is -0.557. The molecule has 10 nitrogen and oxygen atoms in total. The first-order valence-electron chi connectivity index (χ1n) is 5.31. The predicted molar refractivity (Wildman–Crippen MR) is 65.6 cm³/mol. The Morgan fingerprint density at radius 2 is 2.32 bits per heavy atom. The molecule has 1 heterocycles. The molecule has 1 unspecified atom stereocenters. The second-order valence-corrected chi connectivity index (χ2v) is 3.79. The summed E-state index contributed by atoms with van der Waals surface area (Å²) in [5.41, 5.74) is 8.98. The number of nitro groups is 1. The number of hydrogen-bond donors (Lipinski definition) is 1. The van der Waals surface area contributed by atoms with Crippen LogP contribution in [0.15, 0.2) is 21.9 Å². The van der Waals surface area contributed by atoms with Gasteiger partial charge in [0, 0.05) is 17.5 Å². The molecule has 0 bridgehead atoms. The van der Waals surface area contributed by atoms with Gasteiger partial charge in [0.2, 0.25) is 5.52 Å². The van der Waals surface area contributed by atoms with Gasteiger partial charge in [-0.25, -0.2) is 4.63 Å². The summed E-state index contributed by atoms with van der Waals surface area (Å²) in [6, 6.07) is 2.55. The lowest BCUT2D eigenvalue weighted by molar-refractivity contribution is -0.383. The highest BCUT2D eigenvalue weighted by Gasteiger charge is 2.19. The van der Waals surface area contributed by atoms with Gasteiger partial charge in [-0.05, 0) is 21.9 Å². The largest absolute Gasteiger partial charge is 0.383 e. The second-order valence-electron chi connectivity index (χ2n) is 3.79. The van der Waals surface area contributed by atoms with Crippen molar-refractivity contribution in [1.29, 1.82) is 0 Å². The van der Waals surface area contributed by atoms with Crippen molar-refractivity contribution in [1.82, 2.24) is 10.3 Å². The first-order valence-corrected chi connectivity index (χ1v) is 5.31. The Morgan fingerprint density at radius 1 is 1.58 bits per heavy atom. The number of nitro benzene ring substituents is 1. The monoisotopic (exact) mass is 263 g/mol. The molecule has 0 aliphatic rings. The van der Waals surface area contributed by atoms with E-state index < -0.39 is 4.92 Å². The number of benzene rings is 1. The van der Waals surface area contributed by atoms with Gasteiger partial charge in [0.25, 0.3) is 0 Å². The van der Waals surface area contributed by atoms with E-state index in [1.807, 2.05) is 0 Å². The maximum absolute atomic E-state index is 10.8. The first-order chi connectivity index (χ1) is 9.13. The maximum atomic E-state index is 10.8. The SMILES string of the molecule is CC(CNc1ccc([N+](=O)[O-])c2nonc12)N=[N+]=[N-]. The summed E-state index contributed by atoms with van der Waals surface area (Å²) in [5.74, 6) is 0. The summed E-state index contributed by atoms with van der Waals surface area (Å²) >= 11 is 0. The van der Waals surface area contributed by atoms with Crippen LogP contribution in [0.3, 0.4) is 0 Å². The van der Waals surface area contributed by atoms with Crippen molar-refractivity contribution in [3.8, 4) is 0 Å². The molecule has 0 fully saturated rings. The lowest BCUT2D eigenvalue weighted by atomic mass is 10.2. The van der Waals surface area contributed by atoms with E-state index in [2.05, 4.69) is 30.3 Å². The highest BCUT2D eigenvalue weighted by Crippen LogP contribution is 2.28. The standard InChI is InChI=1S/C9H9N7O3/c1-5(12-15-10)4-11-6-2-3-7(16(17)18)9-8(6)13-19-14-9/h2-3,5,11H,4H2,1H3. The molecule has 1 N–H and O–H groups in total. The molecule has 1 aromatic heterocycles. The molecule has 0 saturated carbocycles. The molecule has 98 valence electrons. The summed E-state index contributed by atoms with van der Waals surface area (Å²) < 4.78 is 4.52. The molecule has 0 aliphatic carbocycles. The third-order valence-corrected chi connectivity index (χ3v) is 2.43. The normalized spacial score (nSPS) is 11.8. The molecule has 1 atom stereocenters. The highest BCUT2D eigenvalue weighted by molar-refractivity contribution is 5.93. The number of non-ortho nitro benzene ring substituents is 1. The van der Waals surface area contributed by atoms with Crippen molar-refractivity contribution in [3.05, 3.63) is 32.7 Å². The van der Waals surface area contributed by atoms with Gasteiger partial charge >= 0.3 is 5.69 Å². The van der Waals surface area contributed by atoms with Gasteiger partial charge in [0.1, 0.15) is 0 Å². The number of fused-ring (bicyclic) bond motifs is 1. The van der Waals surface area contributed by atoms with Crippen molar-refractivity contribution in [2.45, 2.75) is 13.0 Å². The number of azide groups is 1. The van der Waals surface area contributed by atoms with Gasteiger partial charge in [-0.3, -0.25) is 10.1 Å². The van der Waals surface area contributed by atoms with Crippen LogP contribution in [0.1, 0.15) is 6.92 Å². The van der Waals surface area contributed by atoms with Gasteiger partial charge in [-0.1, -0.05) is 12.0 Å². The Hall–Kier alpha value is -2.87. The quantitative estimate of drug-likeness (QED) is 0.288. The zero-order valence-electron chi connectivity index (χ0n) is 9.85. The molecule has 19 heavy (non-hydrogen) atoms. The minimum Gasteiger partial charge on any atom is -0.383 e. The Morgan fingerprint density at radius 3 is 3.00 bits per heavy atom. The average Bonchev–Trinajstić information content (AvgIpc) is 2.85. The van der Waals surface area contributed by atoms with Crippen molar-refractivity contribution in [2.75, 3.05) is 11.9 Å². The van der Waals surface area contributed by atoms with E-state index in [9.17, 15) is 10.1 Å². The van der Waals surface area contributed by atoms with Crippen LogP contribution in [0.25, 0.3) is 21.5 Å². The van der Waals surface area contributed by atoms with E-state index >= 15 is 0 Å². The van der Waals surface area contributed by atoms with E-state index in [4.69, 9.17) is 5.53 Å². The molecule has 0 saturated heterocycles. The number of hydrogen-bond acceptors (Lipinski definition) is 7. The fourth-order valence-electron chi connectivity index (χ4n) is 1.53. The molecule has 0 radical (unpaired) electrons. The number of aromatic nitrogens is 2. The third kappa shape index (κ3) is 2.53. The van der Waals surface area contributed by atoms with E-state index in [1.54, 1.807) is 6.92 Å². The molecule has 2 rings (SSSR count). The topological polar surface area (TPSA) is 143 Å². The maximum Gasteiger partial charge on any atom is 0.300 e. The fourth-order valence-corrected chi connectivity index (χ4v) is 1.53. The predicted octanol–water partition coefficient (Wildman–Crippen LogP) is 2.24. The van der Waals surface area contributed by atoms with E-state index in [0.717, 1.165) is 0 Å². The molecule has 10 heteroatoms. The third-order valence-electron chi connectivity index (χ3n) is 2.43. The first kappa shape index (κ1) is 12.6. The number of anilines is 1. The molecular weight excluding hydrogens is 254 g/mol. The Kier molecular flexibility index (Phi) is 3.44. The second kappa shape index (κ2) is 5.19. The highest BCUT2D eigenvalue weighted by atomic mass is 16.6. The van der Waals surface area contributed by atoms with Crippen LogP contribution in [0.4, 0.5) is 11.4 Å². The van der Waals surface area contributed by atoms with Gasteiger partial charge in [0.05, 0.1) is 16.7 Å². The van der Waals surface area contributed by atoms with Crippen molar-refractivity contribution in [2.24, 2.45) is 5.11 Å². The zero-order chi connectivity index (χ0) is 13.8. The Balaban J connectivity index is 2.30. The Bertz CT molecular complexity index is 661. The van der Waals surface area contributed by atoms with Gasteiger partial charge < -0.3 is 5.32 Å². The van der Waals surface area contributed by atoms with Crippen LogP contribution < -0.4 is 5.32 Å². The zero-order valence-corrected chi connectivity index (χ0v) is 9.85. The van der Waals surface area contributed by atoms with Crippen LogP contribution in [-0.4, -0.2) is 27.8 Å². The van der Waals surface area contributed by atoms with Crippen molar-refractivity contribution in [3.63, 3.8) is 0 Å². The lowest BCUT2D eigenvalue weighted by Gasteiger charge is -2.08. The van der Waals surface area contributed by atoms with Crippen LogP contribution in [0, 0.1) is 10.1 Å². The molecule has 0 aliphatic heterocycles. The van der Waals surface area contributed by atoms with E-state index in [-0.39, 0.29) is 22.8 Å². The number of nitrogens with one attached hydrogen (secondary N) is 1. The van der Waals surface area contributed by atoms with Gasteiger partial charge in [-0.15, -0.1) is 0 Å². The lowest BCUT2D eigenvalue weighted by Crippen LogP contribution is -2.13. The van der Waals surface area contributed by atoms with E-state index in [0.29, 0.717) is 12.2 Å². The van der Waals surface area contributed by atoms with Gasteiger partial charge in [0.15, 0.2) is 5.52 Å². The molecule has 2 aromatic rings. The summed E-state index contributed by atoms with van der Waals surface area (Å²) in [4.78, 5) is 12.9. The summed E-state index contributed by atoms with van der Waals surface area (Å²) in [6.45, 7) is 2.10. The number of nitrogens with zero attached hydrogens (tertiary/aromatic N) is 6. The summed E-state index contributed by atoms with van der Waals surface area (Å²) in [5, 5.41) is 24.4. The van der Waals surface area contributed by atoms with Crippen LogP contribution in [-0.2, 0) is 0 Å². The average molecular weight is 263 g/mol. The molecular formula is C9H9N7O3. The molecule has 0 spiro atoms. The van der Waals surface area contributed by atoms with E-state index in [1.165, 1.54) is 12.1 Å². The van der Waals surface area contributed by atoms with Crippen LogP contribution in [0.2, 0.25) is 0 Å². The van der Waals surface area contributed by atoms with Crippen LogP contribution >= 0.6 is 0 Å². The van der Waals surface area contributed by atoms with Gasteiger partial charge in [-0.2, -0.15) is 0 Å². The van der Waals surface area contributed by atoms with Crippen molar-refractivity contribution >= 4 is 22.4 Å². The summed E-state index contributed by atoms with van der Waals surface area (Å²) in [6.07, 6.45) is 0. The fraction of sp³-hybridized carbons (Fsp3) is 0.333. The Labute approximate surface area is 106 Å². The molecule has 1 aromatic carbocycles. The summed E-state index contributed by atoms with van der Waals surface area (Å²) in [7, 11) is 0. The smallest absolute Gasteiger partial charge is 0.300 e. The molecule has 0 amide bonds.